The van der Waals surface area contributed by atoms with Crippen LogP contribution in [0.2, 0.25) is 0 Å². The minimum absolute atomic E-state index is 0.0309. The van der Waals surface area contributed by atoms with Crippen LogP contribution in [0.25, 0.3) is 0 Å². The first-order valence-corrected chi connectivity index (χ1v) is 9.17. The Labute approximate surface area is 156 Å². The van der Waals surface area contributed by atoms with Crippen molar-refractivity contribution in [3.63, 3.8) is 0 Å². The number of carboxylic acids is 1. The topological polar surface area (TPSA) is 69.6 Å². The van der Waals surface area contributed by atoms with Crippen LogP contribution in [0.4, 0.5) is 15.8 Å². The van der Waals surface area contributed by atoms with Gasteiger partial charge < -0.3 is 10.4 Å². The minimum Gasteiger partial charge on any atom is -0.481 e. The molecule has 140 valence electrons. The molecule has 6 heteroatoms. The van der Waals surface area contributed by atoms with Gasteiger partial charge in [0, 0.05) is 0 Å². The van der Waals surface area contributed by atoms with Crippen molar-refractivity contribution in [2.75, 3.05) is 18.0 Å². The quantitative estimate of drug-likeness (QED) is 0.851. The molecule has 2 atom stereocenters. The maximum Gasteiger partial charge on any atom is 0.307 e. The molecule has 0 aromatic heterocycles. The number of anilines is 2. The summed E-state index contributed by atoms with van der Waals surface area (Å²) in [6, 6.07) is 11.9. The Morgan fingerprint density at radius 1 is 1.30 bits per heavy atom. The third kappa shape index (κ3) is 3.45. The first-order chi connectivity index (χ1) is 13.0. The summed E-state index contributed by atoms with van der Waals surface area (Å²) in [4.78, 5) is 25.8. The predicted molar refractivity (Wildman–Crippen MR) is 99.5 cm³/mol. The van der Waals surface area contributed by atoms with Crippen LogP contribution >= 0.6 is 0 Å². The van der Waals surface area contributed by atoms with Crippen LogP contribution in [0.1, 0.15) is 17.5 Å². The second-order valence-electron chi connectivity index (χ2n) is 7.25. The summed E-state index contributed by atoms with van der Waals surface area (Å²) in [7, 11) is 0. The van der Waals surface area contributed by atoms with Crippen molar-refractivity contribution in [2.24, 2.45) is 11.8 Å². The van der Waals surface area contributed by atoms with E-state index >= 15 is 0 Å². The zero-order chi connectivity index (χ0) is 19.0. The Morgan fingerprint density at radius 2 is 2.11 bits per heavy atom. The van der Waals surface area contributed by atoms with Gasteiger partial charge >= 0.3 is 5.97 Å². The molecule has 2 aliphatic heterocycles. The number of nitrogens with one attached hydrogen (secondary N) is 1. The molecule has 0 unspecified atom stereocenters. The number of aliphatic carboxylic acids is 1. The Hall–Kier alpha value is -2.73. The highest BCUT2D eigenvalue weighted by Gasteiger charge is 2.32. The van der Waals surface area contributed by atoms with Crippen LogP contribution in [0.15, 0.2) is 42.5 Å². The third-order valence-corrected chi connectivity index (χ3v) is 5.46. The van der Waals surface area contributed by atoms with Gasteiger partial charge in [-0.3, -0.25) is 14.5 Å². The van der Waals surface area contributed by atoms with E-state index in [1.807, 2.05) is 24.3 Å². The van der Waals surface area contributed by atoms with Crippen molar-refractivity contribution in [3.05, 3.63) is 59.4 Å². The van der Waals surface area contributed by atoms with E-state index in [-0.39, 0.29) is 24.7 Å². The van der Waals surface area contributed by atoms with Gasteiger partial charge in [-0.15, -0.1) is 0 Å². The predicted octanol–water partition coefficient (Wildman–Crippen LogP) is 2.90. The number of hydrogen-bond acceptors (Lipinski definition) is 3. The van der Waals surface area contributed by atoms with Crippen LogP contribution in [0, 0.1) is 17.7 Å². The largest absolute Gasteiger partial charge is 0.481 e. The number of carbonyl (C=O) groups is 2. The smallest absolute Gasteiger partial charge is 0.307 e. The van der Waals surface area contributed by atoms with Gasteiger partial charge in [-0.25, -0.2) is 4.39 Å². The lowest BCUT2D eigenvalue weighted by Gasteiger charge is -2.21. The summed E-state index contributed by atoms with van der Waals surface area (Å²) in [5, 5.41) is 12.8. The number of hydrogen-bond donors (Lipinski definition) is 2. The van der Waals surface area contributed by atoms with E-state index < -0.39 is 17.7 Å². The van der Waals surface area contributed by atoms with E-state index in [9.17, 15) is 19.1 Å². The van der Waals surface area contributed by atoms with Crippen molar-refractivity contribution in [3.8, 4) is 0 Å². The molecule has 2 aromatic rings. The zero-order valence-corrected chi connectivity index (χ0v) is 14.8. The summed E-state index contributed by atoms with van der Waals surface area (Å²) in [5.41, 5.74) is 2.72. The maximum absolute atomic E-state index is 14.3. The van der Waals surface area contributed by atoms with Gasteiger partial charge in [0.15, 0.2) is 0 Å². The molecule has 0 radical (unpaired) electrons. The molecular formula is C21H21FN2O3. The highest BCUT2D eigenvalue weighted by molar-refractivity contribution is 6.07. The van der Waals surface area contributed by atoms with E-state index in [1.165, 1.54) is 17.0 Å². The Morgan fingerprint density at radius 3 is 2.85 bits per heavy atom. The molecule has 4 rings (SSSR count). The fourth-order valence-corrected chi connectivity index (χ4v) is 4.15. The molecule has 1 amide bonds. The monoisotopic (exact) mass is 368 g/mol. The summed E-state index contributed by atoms with van der Waals surface area (Å²) in [6.07, 6.45) is 1.33. The molecular weight excluding hydrogens is 347 g/mol. The van der Waals surface area contributed by atoms with Crippen LogP contribution in [0.5, 0.6) is 0 Å². The highest BCUT2D eigenvalue weighted by atomic mass is 19.1. The highest BCUT2D eigenvalue weighted by Crippen LogP contribution is 2.36. The lowest BCUT2D eigenvalue weighted by atomic mass is 9.86. The summed E-state index contributed by atoms with van der Waals surface area (Å²) in [5.74, 6) is -1.98. The summed E-state index contributed by atoms with van der Waals surface area (Å²) >= 11 is 0. The van der Waals surface area contributed by atoms with Crippen LogP contribution in [-0.4, -0.2) is 30.1 Å². The third-order valence-electron chi connectivity index (χ3n) is 5.46. The fraction of sp³-hybridized carbons (Fsp3) is 0.333. The number of fused-ring (bicyclic) bond motifs is 1. The number of halogens is 1. The Kier molecular flexibility index (Phi) is 4.66. The van der Waals surface area contributed by atoms with E-state index in [1.54, 1.807) is 6.07 Å². The standard InChI is InChI=1S/C21H21FN2O3/c22-16-7-13(9-18(21(26)27)15-5-6-23-12-15)8-17(11-16)24-19-4-2-1-3-14(19)10-20(24)25/h1-4,7-8,11,15,18,23H,5-6,9-10,12H2,(H,26,27)/t15-,18-/m0/s1. The number of nitrogens with zero attached hydrogens (tertiary/aromatic N) is 1. The van der Waals surface area contributed by atoms with Crippen molar-refractivity contribution in [1.82, 2.24) is 5.32 Å². The minimum atomic E-state index is -0.864. The molecule has 27 heavy (non-hydrogen) atoms. The average Bonchev–Trinajstić information content (AvgIpc) is 3.25. The number of carbonyl (C=O) groups excluding carboxylic acids is 1. The number of para-hydroxylation sites is 1. The Bertz CT molecular complexity index is 893. The lowest BCUT2D eigenvalue weighted by molar-refractivity contribution is -0.143. The molecule has 1 saturated heterocycles. The molecule has 5 nitrogen and oxygen atoms in total. The van der Waals surface area contributed by atoms with Crippen LogP contribution in [-0.2, 0) is 22.4 Å². The molecule has 1 fully saturated rings. The number of benzene rings is 2. The second-order valence-corrected chi connectivity index (χ2v) is 7.25. The second kappa shape index (κ2) is 7.12. The number of carboxylic acid groups (broad SMARTS) is 1. The lowest BCUT2D eigenvalue weighted by Crippen LogP contribution is -2.27. The molecule has 0 spiro atoms. The van der Waals surface area contributed by atoms with Crippen molar-refractivity contribution >= 4 is 23.3 Å². The van der Waals surface area contributed by atoms with Crippen molar-refractivity contribution < 1.29 is 19.1 Å². The van der Waals surface area contributed by atoms with E-state index in [4.69, 9.17) is 0 Å². The Balaban J connectivity index is 1.66. The maximum atomic E-state index is 14.3. The molecule has 0 aliphatic carbocycles. The van der Waals surface area contributed by atoms with Crippen LogP contribution in [0.3, 0.4) is 0 Å². The van der Waals surface area contributed by atoms with Crippen LogP contribution < -0.4 is 10.2 Å². The molecule has 2 aromatic carbocycles. The number of amides is 1. The normalized spacial score (nSPS) is 20.0. The average molecular weight is 368 g/mol. The van der Waals surface area contributed by atoms with Gasteiger partial charge in [-0.1, -0.05) is 18.2 Å². The van der Waals surface area contributed by atoms with E-state index in [0.29, 0.717) is 17.8 Å². The molecule has 2 aliphatic rings. The molecule has 0 saturated carbocycles. The number of rotatable bonds is 5. The molecule has 2 heterocycles. The van der Waals surface area contributed by atoms with Gasteiger partial charge in [0.1, 0.15) is 5.82 Å². The van der Waals surface area contributed by atoms with Gasteiger partial charge in [-0.05, 0) is 67.2 Å². The first kappa shape index (κ1) is 17.7. The van der Waals surface area contributed by atoms with Crippen molar-refractivity contribution in [2.45, 2.75) is 19.3 Å². The van der Waals surface area contributed by atoms with Gasteiger partial charge in [0.2, 0.25) is 5.91 Å². The van der Waals surface area contributed by atoms with E-state index in [0.717, 1.165) is 24.2 Å². The summed E-state index contributed by atoms with van der Waals surface area (Å²) in [6.45, 7) is 1.47. The molecule has 0 bridgehead atoms. The van der Waals surface area contributed by atoms with Gasteiger partial charge in [0.25, 0.3) is 0 Å². The van der Waals surface area contributed by atoms with Crippen molar-refractivity contribution in [1.29, 1.82) is 0 Å². The SMILES string of the molecule is O=C(O)[C@@H](Cc1cc(F)cc(N2C(=O)Cc3ccccc32)c1)[C@H]1CCNC1. The first-order valence-electron chi connectivity index (χ1n) is 9.17. The fourth-order valence-electron chi connectivity index (χ4n) is 4.15. The van der Waals surface area contributed by atoms with Gasteiger partial charge in [0.05, 0.1) is 23.7 Å². The van der Waals surface area contributed by atoms with Gasteiger partial charge in [-0.2, -0.15) is 0 Å². The molecule has 2 N–H and O–H groups in total. The zero-order valence-electron chi connectivity index (χ0n) is 14.8. The summed E-state index contributed by atoms with van der Waals surface area (Å²) < 4.78 is 14.3. The van der Waals surface area contributed by atoms with E-state index in [2.05, 4.69) is 5.32 Å².